The van der Waals surface area contributed by atoms with Crippen molar-refractivity contribution in [3.05, 3.63) is 0 Å². The highest BCUT2D eigenvalue weighted by Gasteiger charge is 2.23. The molecule has 0 amide bonds. The van der Waals surface area contributed by atoms with Crippen molar-refractivity contribution in [2.45, 2.75) is 25.8 Å². The standard InChI is InChI=1S/C12H26N2O2/c1-3-5-13-12(9-15)8-14-6-4-11(7-14)10-16-2/h11-13,15H,3-10H2,1-2H3. The summed E-state index contributed by atoms with van der Waals surface area (Å²) in [7, 11) is 1.77. The van der Waals surface area contributed by atoms with E-state index in [0.717, 1.165) is 39.2 Å². The molecular formula is C12H26N2O2. The van der Waals surface area contributed by atoms with Gasteiger partial charge in [0, 0.05) is 26.2 Å². The lowest BCUT2D eigenvalue weighted by atomic mass is 10.1. The minimum Gasteiger partial charge on any atom is -0.395 e. The van der Waals surface area contributed by atoms with E-state index in [1.165, 1.54) is 6.42 Å². The molecule has 1 rings (SSSR count). The van der Waals surface area contributed by atoms with Crippen molar-refractivity contribution in [3.63, 3.8) is 0 Å². The lowest BCUT2D eigenvalue weighted by Crippen LogP contribution is -2.43. The van der Waals surface area contributed by atoms with Gasteiger partial charge in [0.15, 0.2) is 0 Å². The van der Waals surface area contributed by atoms with E-state index >= 15 is 0 Å². The molecule has 0 aromatic carbocycles. The molecule has 1 aliphatic rings. The van der Waals surface area contributed by atoms with Crippen LogP contribution in [0.25, 0.3) is 0 Å². The molecule has 0 aromatic rings. The molecule has 1 heterocycles. The molecular weight excluding hydrogens is 204 g/mol. The number of ether oxygens (including phenoxy) is 1. The van der Waals surface area contributed by atoms with Gasteiger partial charge in [-0.05, 0) is 31.8 Å². The zero-order chi connectivity index (χ0) is 11.8. The second-order valence-electron chi connectivity index (χ2n) is 4.70. The van der Waals surface area contributed by atoms with E-state index in [9.17, 15) is 5.11 Å². The van der Waals surface area contributed by atoms with E-state index < -0.39 is 0 Å². The van der Waals surface area contributed by atoms with Gasteiger partial charge >= 0.3 is 0 Å². The summed E-state index contributed by atoms with van der Waals surface area (Å²) in [5.74, 6) is 0.676. The fraction of sp³-hybridized carbons (Fsp3) is 1.00. The minimum absolute atomic E-state index is 0.223. The Bertz CT molecular complexity index is 178. The van der Waals surface area contributed by atoms with E-state index in [1.54, 1.807) is 7.11 Å². The summed E-state index contributed by atoms with van der Waals surface area (Å²) in [6.45, 7) is 7.42. The maximum atomic E-state index is 9.27. The molecule has 16 heavy (non-hydrogen) atoms. The van der Waals surface area contributed by atoms with Gasteiger partial charge in [0.25, 0.3) is 0 Å². The van der Waals surface area contributed by atoms with Crippen molar-refractivity contribution in [1.29, 1.82) is 0 Å². The third kappa shape index (κ3) is 4.78. The first kappa shape index (κ1) is 13.9. The Balaban J connectivity index is 2.20. The zero-order valence-electron chi connectivity index (χ0n) is 10.6. The Labute approximate surface area is 99.0 Å². The molecule has 4 nitrogen and oxygen atoms in total. The van der Waals surface area contributed by atoms with Crippen molar-refractivity contribution in [2.75, 3.05) is 46.5 Å². The number of nitrogens with one attached hydrogen (secondary N) is 1. The van der Waals surface area contributed by atoms with Gasteiger partial charge in [0.1, 0.15) is 0 Å². The predicted molar refractivity (Wildman–Crippen MR) is 65.6 cm³/mol. The van der Waals surface area contributed by atoms with Crippen LogP contribution in [0.1, 0.15) is 19.8 Å². The van der Waals surface area contributed by atoms with E-state index in [2.05, 4.69) is 17.1 Å². The van der Waals surface area contributed by atoms with Crippen LogP contribution in [-0.4, -0.2) is 62.6 Å². The first-order valence-corrected chi connectivity index (χ1v) is 6.35. The third-order valence-corrected chi connectivity index (χ3v) is 3.15. The van der Waals surface area contributed by atoms with E-state index in [0.29, 0.717) is 5.92 Å². The average molecular weight is 230 g/mol. The molecule has 4 heteroatoms. The van der Waals surface area contributed by atoms with Crippen molar-refractivity contribution < 1.29 is 9.84 Å². The molecule has 0 saturated carbocycles. The molecule has 2 atom stereocenters. The molecule has 0 bridgehead atoms. The largest absolute Gasteiger partial charge is 0.395 e. The number of likely N-dealkylation sites (tertiary alicyclic amines) is 1. The number of nitrogens with zero attached hydrogens (tertiary/aromatic N) is 1. The van der Waals surface area contributed by atoms with Crippen molar-refractivity contribution in [2.24, 2.45) is 5.92 Å². The van der Waals surface area contributed by atoms with Gasteiger partial charge in [-0.25, -0.2) is 0 Å². The van der Waals surface area contributed by atoms with Gasteiger partial charge in [-0.2, -0.15) is 0 Å². The van der Waals surface area contributed by atoms with E-state index in [1.807, 2.05) is 0 Å². The minimum atomic E-state index is 0.223. The number of hydrogen-bond donors (Lipinski definition) is 2. The maximum absolute atomic E-state index is 9.27. The summed E-state index contributed by atoms with van der Waals surface area (Å²) in [6, 6.07) is 0.223. The molecule has 0 radical (unpaired) electrons. The second kappa shape index (κ2) is 8.01. The van der Waals surface area contributed by atoms with Gasteiger partial charge in [-0.1, -0.05) is 6.92 Å². The van der Waals surface area contributed by atoms with Crippen molar-refractivity contribution in [1.82, 2.24) is 10.2 Å². The summed E-state index contributed by atoms with van der Waals surface area (Å²) >= 11 is 0. The molecule has 2 unspecified atom stereocenters. The van der Waals surface area contributed by atoms with Gasteiger partial charge in [-0.3, -0.25) is 0 Å². The quantitative estimate of drug-likeness (QED) is 0.630. The van der Waals surface area contributed by atoms with Crippen LogP contribution in [0.3, 0.4) is 0 Å². The molecule has 0 aliphatic carbocycles. The summed E-state index contributed by atoms with van der Waals surface area (Å²) in [5, 5.41) is 12.6. The molecule has 2 N–H and O–H groups in total. The Hall–Kier alpha value is -0.160. The van der Waals surface area contributed by atoms with Crippen LogP contribution in [-0.2, 0) is 4.74 Å². The van der Waals surface area contributed by atoms with Crippen LogP contribution in [0.4, 0.5) is 0 Å². The number of aliphatic hydroxyl groups is 1. The molecule has 0 spiro atoms. The first-order valence-electron chi connectivity index (χ1n) is 6.35. The Kier molecular flexibility index (Phi) is 6.96. The highest BCUT2D eigenvalue weighted by molar-refractivity contribution is 4.79. The topological polar surface area (TPSA) is 44.7 Å². The van der Waals surface area contributed by atoms with Crippen LogP contribution in [0.2, 0.25) is 0 Å². The van der Waals surface area contributed by atoms with Crippen molar-refractivity contribution >= 4 is 0 Å². The first-order chi connectivity index (χ1) is 7.80. The average Bonchev–Trinajstić information content (AvgIpc) is 2.72. The zero-order valence-corrected chi connectivity index (χ0v) is 10.6. The molecule has 1 saturated heterocycles. The molecule has 0 aromatic heterocycles. The van der Waals surface area contributed by atoms with Crippen LogP contribution in [0, 0.1) is 5.92 Å². The van der Waals surface area contributed by atoms with E-state index in [4.69, 9.17) is 4.74 Å². The van der Waals surface area contributed by atoms with Gasteiger partial charge < -0.3 is 20.1 Å². The van der Waals surface area contributed by atoms with Crippen LogP contribution in [0.15, 0.2) is 0 Å². The second-order valence-corrected chi connectivity index (χ2v) is 4.70. The number of hydrogen-bond acceptors (Lipinski definition) is 4. The van der Waals surface area contributed by atoms with Crippen LogP contribution >= 0.6 is 0 Å². The fourth-order valence-corrected chi connectivity index (χ4v) is 2.30. The monoisotopic (exact) mass is 230 g/mol. The molecule has 96 valence electrons. The Morgan fingerprint density at radius 3 is 3.00 bits per heavy atom. The third-order valence-electron chi connectivity index (χ3n) is 3.15. The lowest BCUT2D eigenvalue weighted by molar-refractivity contribution is 0.148. The van der Waals surface area contributed by atoms with Gasteiger partial charge in [0.05, 0.1) is 13.2 Å². The molecule has 1 aliphatic heterocycles. The van der Waals surface area contributed by atoms with Crippen LogP contribution < -0.4 is 5.32 Å². The molecule has 1 fully saturated rings. The van der Waals surface area contributed by atoms with Crippen LogP contribution in [0.5, 0.6) is 0 Å². The van der Waals surface area contributed by atoms with E-state index in [-0.39, 0.29) is 12.6 Å². The number of rotatable bonds is 8. The van der Waals surface area contributed by atoms with Gasteiger partial charge in [0.2, 0.25) is 0 Å². The maximum Gasteiger partial charge on any atom is 0.0597 e. The summed E-state index contributed by atoms with van der Waals surface area (Å²) < 4.78 is 5.18. The normalized spacial score (nSPS) is 23.8. The van der Waals surface area contributed by atoms with Gasteiger partial charge in [-0.15, -0.1) is 0 Å². The Morgan fingerprint density at radius 2 is 2.38 bits per heavy atom. The lowest BCUT2D eigenvalue weighted by Gasteiger charge is -2.23. The summed E-state index contributed by atoms with van der Waals surface area (Å²) in [6.07, 6.45) is 2.34. The SMILES string of the molecule is CCCNC(CO)CN1CCC(COC)C1. The summed E-state index contributed by atoms with van der Waals surface area (Å²) in [4.78, 5) is 2.42. The smallest absolute Gasteiger partial charge is 0.0597 e. The fourth-order valence-electron chi connectivity index (χ4n) is 2.30. The Morgan fingerprint density at radius 1 is 1.56 bits per heavy atom. The number of aliphatic hydroxyl groups excluding tert-OH is 1. The van der Waals surface area contributed by atoms with Crippen molar-refractivity contribution in [3.8, 4) is 0 Å². The predicted octanol–water partition coefficient (Wildman–Crippen LogP) is 0.315. The highest BCUT2D eigenvalue weighted by Crippen LogP contribution is 2.16. The highest BCUT2D eigenvalue weighted by atomic mass is 16.5. The number of methoxy groups -OCH3 is 1. The summed E-state index contributed by atoms with van der Waals surface area (Å²) in [5.41, 5.74) is 0.